The molecule has 0 atom stereocenters. The monoisotopic (exact) mass is 257 g/mol. The van der Waals surface area contributed by atoms with Crippen LogP contribution in [0.3, 0.4) is 0 Å². The van der Waals surface area contributed by atoms with Crippen LogP contribution in [0.1, 0.15) is 0 Å². The summed E-state index contributed by atoms with van der Waals surface area (Å²) >= 11 is 0. The Morgan fingerprint density at radius 3 is 0.714 bits per heavy atom. The fourth-order valence-electron chi connectivity index (χ4n) is 0. The van der Waals surface area contributed by atoms with Crippen LogP contribution in [0.4, 0.5) is 26.9 Å². The molecule has 0 bridgehead atoms. The first-order valence-electron chi connectivity index (χ1n) is 1.92. The number of hydrogen-bond donors (Lipinski definition) is 6. The summed E-state index contributed by atoms with van der Waals surface area (Å²) in [6, 6.07) is 0. The Morgan fingerprint density at radius 2 is 0.714 bits per heavy atom. The summed E-state index contributed by atoms with van der Waals surface area (Å²) in [6.45, 7) is 0. The van der Waals surface area contributed by atoms with Crippen molar-refractivity contribution < 1.29 is 46.1 Å². The molecule has 0 aliphatic heterocycles. The second-order valence-corrected chi connectivity index (χ2v) is 1.75. The van der Waals surface area contributed by atoms with Crippen LogP contribution in [0.15, 0.2) is 0 Å². The first-order valence-corrected chi connectivity index (χ1v) is 3.48. The van der Waals surface area contributed by atoms with Gasteiger partial charge in [0.25, 0.3) is 0 Å². The van der Waals surface area contributed by atoms with E-state index in [4.69, 9.17) is 19.2 Å². The van der Waals surface area contributed by atoms with Crippen molar-refractivity contribution in [1.82, 2.24) is 17.3 Å². The molecule has 0 fully saturated rings. The zero-order valence-electron chi connectivity index (χ0n) is 5.96. The Bertz CT molecular complexity index is 96.2. The molecule has 0 heterocycles. The topological polar surface area (TPSA) is 114 Å². The first kappa shape index (κ1) is 23.4. The molecule has 0 aromatic rings. The van der Waals surface area contributed by atoms with Crippen LogP contribution < -0.4 is 17.3 Å². The first-order chi connectivity index (χ1) is 6.24. The summed E-state index contributed by atoms with van der Waals surface area (Å²) in [5, 5.41) is 0. The highest BCUT2D eigenvalue weighted by molar-refractivity contribution is 7.45. The van der Waals surface area contributed by atoms with Crippen LogP contribution in [0, 0.1) is 0 Å². The molecule has 92 valence electrons. The minimum atomic E-state index is -4.64. The summed E-state index contributed by atoms with van der Waals surface area (Å²) in [5.41, 5.74) is 0. The third kappa shape index (κ3) is 6990. The van der Waals surface area contributed by atoms with Gasteiger partial charge in [0.2, 0.25) is 0 Å². The van der Waals surface area contributed by atoms with Gasteiger partial charge in [0.1, 0.15) is 0 Å². The number of phosphoric acid groups is 1. The summed E-state index contributed by atoms with van der Waals surface area (Å²) < 4.78 is 65.1. The van der Waals surface area contributed by atoms with Crippen molar-refractivity contribution in [3.05, 3.63) is 0 Å². The Labute approximate surface area is 72.6 Å². The average Bonchev–Trinajstić information content (AvgIpc) is 1.86. The summed E-state index contributed by atoms with van der Waals surface area (Å²) in [4.78, 5) is 21.6. The van der Waals surface area contributed by atoms with E-state index in [1.54, 1.807) is 0 Å². The molecular formula is H6F6N3O4P. The Kier molecular flexibility index (Phi) is 38.3. The Balaban J connectivity index is -0.0000000495. The van der Waals surface area contributed by atoms with E-state index in [-0.39, 0.29) is 17.3 Å². The van der Waals surface area contributed by atoms with Gasteiger partial charge in [0.15, 0.2) is 0 Å². The summed E-state index contributed by atoms with van der Waals surface area (Å²) in [6.07, 6.45) is 0. The molecule has 0 aliphatic rings. The number of rotatable bonds is 0. The van der Waals surface area contributed by atoms with Crippen molar-refractivity contribution in [2.75, 3.05) is 0 Å². The molecule has 0 aromatic carbocycles. The molecule has 0 rings (SSSR count). The average molecular weight is 257 g/mol. The summed E-state index contributed by atoms with van der Waals surface area (Å²) in [7, 11) is -4.64. The third-order valence-corrected chi connectivity index (χ3v) is 0. The van der Waals surface area contributed by atoms with E-state index in [1.807, 2.05) is 0 Å². The molecule has 0 aromatic heterocycles. The van der Waals surface area contributed by atoms with Gasteiger partial charge < -0.3 is 14.7 Å². The second kappa shape index (κ2) is 22.9. The predicted molar refractivity (Wildman–Crippen MR) is 30.3 cm³/mol. The Hall–Kier alpha value is -0.430. The van der Waals surface area contributed by atoms with Gasteiger partial charge in [-0.3, -0.25) is 0 Å². The van der Waals surface area contributed by atoms with Gasteiger partial charge in [-0.25, -0.2) is 4.57 Å². The Morgan fingerprint density at radius 1 is 0.714 bits per heavy atom. The van der Waals surface area contributed by atoms with E-state index in [1.165, 1.54) is 0 Å². The van der Waals surface area contributed by atoms with Crippen LogP contribution in [-0.2, 0) is 4.57 Å². The lowest BCUT2D eigenvalue weighted by Gasteiger charge is -1.82. The molecule has 0 saturated heterocycles. The smallest absolute Gasteiger partial charge is 0.303 e. The second-order valence-electron chi connectivity index (χ2n) is 0.728. The van der Waals surface area contributed by atoms with Gasteiger partial charge in [-0.05, 0) is 0 Å². The zero-order valence-corrected chi connectivity index (χ0v) is 6.86. The minimum absolute atomic E-state index is 0.250. The molecule has 0 spiro atoms. The van der Waals surface area contributed by atoms with E-state index >= 15 is 0 Å². The maximum Gasteiger partial charge on any atom is 0.466 e. The van der Waals surface area contributed by atoms with Crippen molar-refractivity contribution in [1.29, 1.82) is 0 Å². The van der Waals surface area contributed by atoms with Gasteiger partial charge >= 0.3 is 7.82 Å². The normalized spacial score (nSPS) is 8.07. The van der Waals surface area contributed by atoms with E-state index in [2.05, 4.69) is 0 Å². The molecule has 0 aliphatic carbocycles. The molecule has 6 N–H and O–H groups in total. The maximum atomic E-state index is 9.38. The van der Waals surface area contributed by atoms with Crippen LogP contribution in [0.25, 0.3) is 0 Å². The van der Waals surface area contributed by atoms with Gasteiger partial charge in [-0.15, -0.1) is 26.9 Å². The molecule has 14 heavy (non-hydrogen) atoms. The van der Waals surface area contributed by atoms with E-state index in [0.717, 1.165) is 0 Å². The van der Waals surface area contributed by atoms with Crippen LogP contribution in [-0.4, -0.2) is 14.7 Å². The number of hydrogen-bond acceptors (Lipinski definition) is 4. The molecular weight excluding hydrogens is 251 g/mol. The van der Waals surface area contributed by atoms with E-state index < -0.39 is 7.82 Å². The minimum Gasteiger partial charge on any atom is -0.303 e. The van der Waals surface area contributed by atoms with Gasteiger partial charge in [0.05, 0.1) is 0 Å². The van der Waals surface area contributed by atoms with Crippen molar-refractivity contribution in [3.63, 3.8) is 0 Å². The molecule has 0 saturated carbocycles. The van der Waals surface area contributed by atoms with Crippen LogP contribution in [0.5, 0.6) is 0 Å². The third-order valence-electron chi connectivity index (χ3n) is 0. The van der Waals surface area contributed by atoms with Crippen molar-refractivity contribution in [2.24, 2.45) is 0 Å². The molecule has 0 unspecified atom stereocenters. The lowest BCUT2D eigenvalue weighted by atomic mass is 13.6. The predicted octanol–water partition coefficient (Wildman–Crippen LogP) is 0.106. The molecule has 14 heteroatoms. The quantitative estimate of drug-likeness (QED) is 0.207. The molecule has 7 nitrogen and oxygen atoms in total. The van der Waals surface area contributed by atoms with Gasteiger partial charge in [0, 0.05) is 17.3 Å². The fourth-order valence-corrected chi connectivity index (χ4v) is 0. The number of halogens is 6. The molecule has 0 radical (unpaired) electrons. The van der Waals surface area contributed by atoms with E-state index in [9.17, 15) is 26.9 Å². The van der Waals surface area contributed by atoms with E-state index in [0.29, 0.717) is 0 Å². The highest BCUT2D eigenvalue weighted by Gasteiger charge is 2.00. The fraction of sp³-hybridized carbons (Fsp3) is 0. The molecule has 0 amide bonds. The lowest BCUT2D eigenvalue weighted by Crippen LogP contribution is -1.67. The van der Waals surface area contributed by atoms with Gasteiger partial charge in [-0.1, -0.05) is 0 Å². The highest BCUT2D eigenvalue weighted by atomic mass is 31.2. The van der Waals surface area contributed by atoms with Crippen molar-refractivity contribution in [3.8, 4) is 0 Å². The SMILES string of the molecule is FNF.FNF.FNF.O=P(O)(O)O. The standard InChI is InChI=1S/3F2HN.H3O4P/c3*1-3-2;1-5(2,3)4/h3*3H;(H3,1,2,3,4). The largest absolute Gasteiger partial charge is 0.466 e. The highest BCUT2D eigenvalue weighted by Crippen LogP contribution is 2.25. The van der Waals surface area contributed by atoms with Crippen molar-refractivity contribution >= 4 is 7.82 Å². The lowest BCUT2D eigenvalue weighted by molar-refractivity contribution is 0.130. The van der Waals surface area contributed by atoms with Crippen LogP contribution >= 0.6 is 7.82 Å². The number of nitrogens with one attached hydrogen (secondary N) is 3. The zero-order chi connectivity index (χ0) is 12.6. The maximum absolute atomic E-state index is 9.38. The van der Waals surface area contributed by atoms with Crippen molar-refractivity contribution in [2.45, 2.75) is 0 Å². The van der Waals surface area contributed by atoms with Crippen LogP contribution in [0.2, 0.25) is 0 Å². The van der Waals surface area contributed by atoms with Gasteiger partial charge in [-0.2, -0.15) is 0 Å². The summed E-state index contributed by atoms with van der Waals surface area (Å²) in [5.74, 6) is -0.750.